The van der Waals surface area contributed by atoms with Gasteiger partial charge in [0.05, 0.1) is 0 Å². The molecule has 2 N–H and O–H groups in total. The number of amides is 4. The molecule has 1 fully saturated rings. The number of alkyl halides is 2. The first-order chi connectivity index (χ1) is 19.5. The number of nitrogens with zero attached hydrogens (tertiary/aromatic N) is 2. The van der Waals surface area contributed by atoms with Crippen LogP contribution in [0.2, 0.25) is 5.02 Å². The molecule has 2 aliphatic heterocycles. The minimum Gasteiger partial charge on any atom is -0.443 e. The van der Waals surface area contributed by atoms with Crippen molar-refractivity contribution in [1.82, 2.24) is 20.4 Å². The summed E-state index contributed by atoms with van der Waals surface area (Å²) in [4.78, 5) is 65.4. The number of halogens is 3. The van der Waals surface area contributed by atoms with Gasteiger partial charge in [-0.05, 0) is 49.2 Å². The van der Waals surface area contributed by atoms with Crippen molar-refractivity contribution in [1.29, 1.82) is 0 Å². The van der Waals surface area contributed by atoms with Gasteiger partial charge in [-0.15, -0.1) is 0 Å². The maximum Gasteiger partial charge on any atom is 0.349 e. The maximum atomic E-state index is 14.6. The molecule has 41 heavy (non-hydrogen) atoms. The second-order valence-electron chi connectivity index (χ2n) is 9.74. The fourth-order valence-electron chi connectivity index (χ4n) is 4.81. The highest BCUT2D eigenvalue weighted by molar-refractivity contribution is 6.30. The Morgan fingerprint density at radius 1 is 1.15 bits per heavy atom. The van der Waals surface area contributed by atoms with Crippen LogP contribution < -0.4 is 10.6 Å². The molecule has 0 radical (unpaired) electrons. The lowest BCUT2D eigenvalue weighted by Gasteiger charge is -2.35. The fourth-order valence-corrected chi connectivity index (χ4v) is 4.93. The highest BCUT2D eigenvalue weighted by Gasteiger charge is 2.43. The van der Waals surface area contributed by atoms with Crippen molar-refractivity contribution < 1.29 is 37.5 Å². The summed E-state index contributed by atoms with van der Waals surface area (Å²) in [7, 11) is 1.59. The van der Waals surface area contributed by atoms with Gasteiger partial charge >= 0.3 is 11.9 Å². The molecule has 4 amide bonds. The van der Waals surface area contributed by atoms with Gasteiger partial charge in [0.25, 0.3) is 17.7 Å². The minimum atomic E-state index is -3.78. The third kappa shape index (κ3) is 6.23. The van der Waals surface area contributed by atoms with Crippen LogP contribution in [-0.4, -0.2) is 65.3 Å². The molecule has 0 saturated carbocycles. The SMILES string of the molecule is CCC(NC)C(=O)OCN1C(=O)CCC(N2Cc3cc(CNC(=O)C(F)(F)c4ccc(Cl)cc4)ccc3C2=O)C1=O. The highest BCUT2D eigenvalue weighted by atomic mass is 35.5. The molecule has 4 rings (SSSR count). The number of carbonyl (C=O) groups is 5. The van der Waals surface area contributed by atoms with Crippen LogP contribution in [0.4, 0.5) is 8.78 Å². The second-order valence-corrected chi connectivity index (χ2v) is 10.2. The number of hydrogen-bond donors (Lipinski definition) is 2. The molecule has 10 nitrogen and oxygen atoms in total. The molecule has 0 aromatic heterocycles. The summed E-state index contributed by atoms with van der Waals surface area (Å²) >= 11 is 5.74. The average Bonchev–Trinajstić information content (AvgIpc) is 3.27. The van der Waals surface area contributed by atoms with Crippen molar-refractivity contribution >= 4 is 41.2 Å². The molecule has 2 unspecified atom stereocenters. The number of nitrogens with one attached hydrogen (secondary N) is 2. The lowest BCUT2D eigenvalue weighted by atomic mass is 10.0. The molecule has 0 aliphatic carbocycles. The van der Waals surface area contributed by atoms with Crippen LogP contribution >= 0.6 is 11.6 Å². The Morgan fingerprint density at radius 3 is 2.51 bits per heavy atom. The first-order valence-corrected chi connectivity index (χ1v) is 13.4. The van der Waals surface area contributed by atoms with E-state index in [0.29, 0.717) is 23.1 Å². The first kappa shape index (κ1) is 30.1. The fraction of sp³-hybridized carbons (Fsp3) is 0.393. The number of hydrogen-bond acceptors (Lipinski definition) is 7. The Balaban J connectivity index is 1.40. The van der Waals surface area contributed by atoms with Gasteiger partial charge in [0.1, 0.15) is 12.1 Å². The molecule has 2 atom stereocenters. The Labute approximate surface area is 239 Å². The van der Waals surface area contributed by atoms with Gasteiger partial charge in [0, 0.05) is 35.7 Å². The number of carbonyl (C=O) groups excluding carboxylic acids is 5. The van der Waals surface area contributed by atoms with Crippen LogP contribution in [0.15, 0.2) is 42.5 Å². The van der Waals surface area contributed by atoms with Gasteiger partial charge in [-0.25, -0.2) is 4.90 Å². The number of imide groups is 1. The Morgan fingerprint density at radius 2 is 1.85 bits per heavy atom. The molecular weight excluding hydrogens is 562 g/mol. The van der Waals surface area contributed by atoms with Crippen molar-refractivity contribution in [3.05, 3.63) is 69.7 Å². The van der Waals surface area contributed by atoms with Crippen molar-refractivity contribution in [2.45, 2.75) is 57.3 Å². The van der Waals surface area contributed by atoms with Crippen molar-refractivity contribution in [2.24, 2.45) is 0 Å². The van der Waals surface area contributed by atoms with Crippen LogP contribution in [0.1, 0.15) is 53.2 Å². The van der Waals surface area contributed by atoms with Gasteiger partial charge in [-0.1, -0.05) is 42.8 Å². The number of rotatable bonds is 10. The number of fused-ring (bicyclic) bond motifs is 1. The molecule has 2 aromatic rings. The summed E-state index contributed by atoms with van der Waals surface area (Å²) in [6.45, 7) is 1.06. The Kier molecular flexibility index (Phi) is 9.03. The number of esters is 1. The molecule has 0 bridgehead atoms. The van der Waals surface area contributed by atoms with Gasteiger partial charge in [-0.2, -0.15) is 8.78 Å². The summed E-state index contributed by atoms with van der Waals surface area (Å²) < 4.78 is 34.3. The van der Waals surface area contributed by atoms with Gasteiger partial charge in [0.2, 0.25) is 5.91 Å². The standard InChI is InChI=1S/C28H29ClF2N4O6/c1-3-21(32-2)26(39)41-15-35-23(36)11-10-22(25(35)38)34-14-17-12-16(4-9-20(17)24(34)37)13-33-27(40)28(30,31)18-5-7-19(29)8-6-18/h4-9,12,21-22,32H,3,10-11,13-15H2,1-2H3,(H,33,40). The van der Waals surface area contributed by atoms with Crippen LogP contribution in [0, 0.1) is 0 Å². The Hall–Kier alpha value is -3.90. The largest absolute Gasteiger partial charge is 0.443 e. The van der Waals surface area contributed by atoms with E-state index in [-0.39, 0.29) is 31.0 Å². The van der Waals surface area contributed by atoms with Crippen LogP contribution in [-0.2, 0) is 42.9 Å². The zero-order valence-corrected chi connectivity index (χ0v) is 23.2. The summed E-state index contributed by atoms with van der Waals surface area (Å²) in [5.74, 6) is -7.45. The molecule has 1 saturated heterocycles. The predicted molar refractivity (Wildman–Crippen MR) is 142 cm³/mol. The summed E-state index contributed by atoms with van der Waals surface area (Å²) in [5, 5.41) is 5.27. The van der Waals surface area contributed by atoms with Crippen LogP contribution in [0.3, 0.4) is 0 Å². The van der Waals surface area contributed by atoms with E-state index in [1.165, 1.54) is 29.2 Å². The monoisotopic (exact) mass is 590 g/mol. The van der Waals surface area contributed by atoms with E-state index in [1.807, 2.05) is 0 Å². The summed E-state index contributed by atoms with van der Waals surface area (Å²) in [6.07, 6.45) is 0.548. The number of piperidine rings is 1. The van der Waals surface area contributed by atoms with Crippen molar-refractivity contribution in [3.8, 4) is 0 Å². The molecular formula is C28H29ClF2N4O6. The van der Waals surface area contributed by atoms with Crippen LogP contribution in [0.25, 0.3) is 0 Å². The summed E-state index contributed by atoms with van der Waals surface area (Å²) in [5.41, 5.74) is 0.858. The van der Waals surface area contributed by atoms with E-state index in [4.69, 9.17) is 16.3 Å². The quantitative estimate of drug-likeness (QED) is 0.322. The highest BCUT2D eigenvalue weighted by Crippen LogP contribution is 2.31. The lowest BCUT2D eigenvalue weighted by Crippen LogP contribution is -2.55. The van der Waals surface area contributed by atoms with E-state index < -0.39 is 59.9 Å². The molecule has 0 spiro atoms. The molecule has 2 aliphatic rings. The first-order valence-electron chi connectivity index (χ1n) is 13.0. The zero-order chi connectivity index (χ0) is 29.9. The molecule has 2 heterocycles. The second kappa shape index (κ2) is 12.3. The van der Waals surface area contributed by atoms with E-state index in [1.54, 1.807) is 20.0 Å². The van der Waals surface area contributed by atoms with E-state index in [9.17, 15) is 32.8 Å². The maximum absolute atomic E-state index is 14.6. The van der Waals surface area contributed by atoms with Crippen LogP contribution in [0.5, 0.6) is 0 Å². The summed E-state index contributed by atoms with van der Waals surface area (Å²) in [6, 6.07) is 7.81. The van der Waals surface area contributed by atoms with Crippen molar-refractivity contribution in [2.75, 3.05) is 13.8 Å². The number of ether oxygens (including phenoxy) is 1. The Bertz CT molecular complexity index is 1370. The number of likely N-dealkylation sites (tertiary alicyclic amines) is 1. The third-order valence-corrected chi connectivity index (χ3v) is 7.44. The van der Waals surface area contributed by atoms with E-state index in [2.05, 4.69) is 10.6 Å². The lowest BCUT2D eigenvalue weighted by molar-refractivity contribution is -0.165. The number of likely N-dealkylation sites (N-methyl/N-ethyl adjacent to an activating group) is 1. The predicted octanol–water partition coefficient (Wildman–Crippen LogP) is 2.72. The smallest absolute Gasteiger partial charge is 0.349 e. The van der Waals surface area contributed by atoms with Gasteiger partial charge < -0.3 is 20.3 Å². The minimum absolute atomic E-state index is 0.0174. The molecule has 2 aromatic carbocycles. The zero-order valence-electron chi connectivity index (χ0n) is 22.4. The van der Waals surface area contributed by atoms with E-state index in [0.717, 1.165) is 17.0 Å². The van der Waals surface area contributed by atoms with Gasteiger partial charge in [-0.3, -0.25) is 24.0 Å². The molecule has 13 heteroatoms. The third-order valence-electron chi connectivity index (χ3n) is 7.18. The topological polar surface area (TPSA) is 125 Å². The van der Waals surface area contributed by atoms with E-state index >= 15 is 0 Å². The average molecular weight is 591 g/mol. The number of benzene rings is 2. The molecule has 218 valence electrons. The van der Waals surface area contributed by atoms with Gasteiger partial charge in [0.15, 0.2) is 6.73 Å². The normalized spacial score (nSPS) is 17.9. The van der Waals surface area contributed by atoms with Crippen molar-refractivity contribution in [3.63, 3.8) is 0 Å².